The minimum Gasteiger partial charge on any atom is -0.502 e. The topological polar surface area (TPSA) is 95.8 Å². The molecule has 3 fully saturated rings. The second-order valence-electron chi connectivity index (χ2n) is 8.77. The van der Waals surface area contributed by atoms with Gasteiger partial charge in [-0.1, -0.05) is 0 Å². The number of phenolic OH excluding ortho intramolecular Hbond substituents is 1. The van der Waals surface area contributed by atoms with Crippen LogP contribution < -0.4 is 9.47 Å². The van der Waals surface area contributed by atoms with Crippen molar-refractivity contribution in [3.05, 3.63) is 17.7 Å². The van der Waals surface area contributed by atoms with Crippen molar-refractivity contribution in [3.8, 4) is 17.2 Å². The molecule has 1 aromatic carbocycles. The molecule has 0 amide bonds. The number of fused-ring (bicyclic) bond motifs is 1. The molecule has 2 aliphatic heterocycles. The molecule has 2 N–H and O–H groups in total. The van der Waals surface area contributed by atoms with Crippen LogP contribution in [0.25, 0.3) is 0 Å². The van der Waals surface area contributed by atoms with Gasteiger partial charge in [0, 0.05) is 26.1 Å². The molecule has 3 aliphatic rings. The Bertz CT molecular complexity index is 730. The quantitative estimate of drug-likeness (QED) is 0.654. The first-order valence-electron chi connectivity index (χ1n) is 10.9. The van der Waals surface area contributed by atoms with E-state index in [1.165, 1.54) is 14.2 Å². The van der Waals surface area contributed by atoms with E-state index in [1.54, 1.807) is 14.2 Å². The number of aliphatic hydroxyl groups excluding tert-OH is 1. The summed E-state index contributed by atoms with van der Waals surface area (Å²) in [6, 6.07) is 3.62. The van der Waals surface area contributed by atoms with E-state index in [0.717, 1.165) is 24.8 Å². The van der Waals surface area contributed by atoms with Gasteiger partial charge in [-0.05, 0) is 42.9 Å². The second kappa shape index (κ2) is 9.50. The Morgan fingerprint density at radius 3 is 2.13 bits per heavy atom. The molecule has 4 rings (SSSR count). The SMILES string of the molecule is COc1cc(C2OC[C@@H]3C(C4CCC(OC)C(O)C(OC)C4)OC[C@H]23)cc(OC)c1O. The lowest BCUT2D eigenvalue weighted by atomic mass is 9.80. The van der Waals surface area contributed by atoms with Gasteiger partial charge in [0.2, 0.25) is 5.75 Å². The molecule has 0 spiro atoms. The number of rotatable bonds is 6. The largest absolute Gasteiger partial charge is 0.502 e. The summed E-state index contributed by atoms with van der Waals surface area (Å²) >= 11 is 0. The fraction of sp³-hybridized carbons (Fsp3) is 0.739. The number of benzene rings is 1. The van der Waals surface area contributed by atoms with Gasteiger partial charge in [0.1, 0.15) is 6.10 Å². The van der Waals surface area contributed by atoms with Crippen LogP contribution in [0.4, 0.5) is 0 Å². The maximum atomic E-state index is 10.6. The lowest BCUT2D eigenvalue weighted by molar-refractivity contribution is -0.0899. The van der Waals surface area contributed by atoms with Gasteiger partial charge >= 0.3 is 0 Å². The Labute approximate surface area is 183 Å². The van der Waals surface area contributed by atoms with Crippen LogP contribution in [0.1, 0.15) is 30.9 Å². The van der Waals surface area contributed by atoms with Crippen LogP contribution in [0.2, 0.25) is 0 Å². The van der Waals surface area contributed by atoms with Crippen molar-refractivity contribution < 1.29 is 38.6 Å². The molecule has 2 heterocycles. The number of ether oxygens (including phenoxy) is 6. The molecule has 0 aromatic heterocycles. The third-order valence-corrected chi connectivity index (χ3v) is 7.33. The van der Waals surface area contributed by atoms with Gasteiger partial charge in [0.05, 0.1) is 51.8 Å². The Balaban J connectivity index is 1.52. The molecule has 1 aliphatic carbocycles. The van der Waals surface area contributed by atoms with Crippen LogP contribution in [0.5, 0.6) is 17.2 Å². The van der Waals surface area contributed by atoms with Crippen molar-refractivity contribution in [3.63, 3.8) is 0 Å². The summed E-state index contributed by atoms with van der Waals surface area (Å²) in [6.07, 6.45) is 1.18. The Kier molecular flexibility index (Phi) is 6.93. The summed E-state index contributed by atoms with van der Waals surface area (Å²) < 4.78 is 34.3. The molecular weight excluding hydrogens is 404 g/mol. The normalized spacial score (nSPS) is 38.0. The number of phenols is 1. The Morgan fingerprint density at radius 2 is 1.52 bits per heavy atom. The van der Waals surface area contributed by atoms with E-state index in [2.05, 4.69) is 0 Å². The number of aromatic hydroxyl groups is 1. The van der Waals surface area contributed by atoms with E-state index in [9.17, 15) is 10.2 Å². The van der Waals surface area contributed by atoms with E-state index < -0.39 is 6.10 Å². The fourth-order valence-corrected chi connectivity index (χ4v) is 5.62. The smallest absolute Gasteiger partial charge is 0.200 e. The predicted molar refractivity (Wildman–Crippen MR) is 112 cm³/mol. The molecule has 0 radical (unpaired) electrons. The first-order valence-corrected chi connectivity index (χ1v) is 10.9. The van der Waals surface area contributed by atoms with Crippen molar-refractivity contribution >= 4 is 0 Å². The van der Waals surface area contributed by atoms with E-state index >= 15 is 0 Å². The summed E-state index contributed by atoms with van der Waals surface area (Å²) in [5, 5.41) is 20.8. The Hall–Kier alpha value is -1.58. The highest BCUT2D eigenvalue weighted by Gasteiger charge is 2.51. The second-order valence-corrected chi connectivity index (χ2v) is 8.77. The summed E-state index contributed by atoms with van der Waals surface area (Å²) in [4.78, 5) is 0. The third-order valence-electron chi connectivity index (χ3n) is 7.33. The van der Waals surface area contributed by atoms with E-state index in [0.29, 0.717) is 24.7 Å². The number of aliphatic hydroxyl groups is 1. The monoisotopic (exact) mass is 438 g/mol. The molecule has 8 heteroatoms. The van der Waals surface area contributed by atoms with E-state index in [4.69, 9.17) is 28.4 Å². The summed E-state index contributed by atoms with van der Waals surface area (Å²) in [7, 11) is 6.32. The molecular formula is C23H34O8. The van der Waals surface area contributed by atoms with Crippen LogP contribution in [-0.4, -0.2) is 76.3 Å². The highest BCUT2D eigenvalue weighted by molar-refractivity contribution is 5.53. The van der Waals surface area contributed by atoms with Crippen LogP contribution in [0.15, 0.2) is 12.1 Å². The third kappa shape index (κ3) is 4.12. The molecule has 31 heavy (non-hydrogen) atoms. The molecule has 8 atom stereocenters. The average molecular weight is 439 g/mol. The zero-order chi connectivity index (χ0) is 22.1. The molecule has 1 aromatic rings. The van der Waals surface area contributed by atoms with Gasteiger partial charge in [-0.3, -0.25) is 0 Å². The minimum atomic E-state index is -0.637. The highest BCUT2D eigenvalue weighted by atomic mass is 16.5. The zero-order valence-electron chi connectivity index (χ0n) is 18.7. The van der Waals surface area contributed by atoms with Gasteiger partial charge < -0.3 is 38.6 Å². The van der Waals surface area contributed by atoms with Crippen molar-refractivity contribution in [2.45, 2.75) is 49.8 Å². The molecule has 174 valence electrons. The van der Waals surface area contributed by atoms with Gasteiger partial charge in [0.25, 0.3) is 0 Å². The molecule has 8 nitrogen and oxygen atoms in total. The lowest BCUT2D eigenvalue weighted by Crippen LogP contribution is -2.39. The number of hydrogen-bond donors (Lipinski definition) is 2. The predicted octanol–water partition coefficient (Wildman–Crippen LogP) is 2.30. The van der Waals surface area contributed by atoms with Crippen molar-refractivity contribution in [2.24, 2.45) is 17.8 Å². The van der Waals surface area contributed by atoms with E-state index in [1.807, 2.05) is 12.1 Å². The van der Waals surface area contributed by atoms with Crippen LogP contribution in [-0.2, 0) is 18.9 Å². The lowest BCUT2D eigenvalue weighted by Gasteiger charge is -2.28. The van der Waals surface area contributed by atoms with E-state index in [-0.39, 0.29) is 47.9 Å². The zero-order valence-corrected chi connectivity index (χ0v) is 18.7. The molecule has 2 saturated heterocycles. The van der Waals surface area contributed by atoms with Crippen molar-refractivity contribution in [2.75, 3.05) is 41.7 Å². The maximum absolute atomic E-state index is 10.6. The first-order chi connectivity index (χ1) is 15.0. The fourth-order valence-electron chi connectivity index (χ4n) is 5.62. The highest BCUT2D eigenvalue weighted by Crippen LogP contribution is 2.50. The standard InChI is InChI=1S/C23H34O8/c1-26-16-6-5-12(7-17(27-2)20(16)24)22-14-10-31-23(15(14)11-30-22)13-8-18(28-3)21(25)19(9-13)29-4/h8-9,12,14-17,20,22-25H,5-7,10-11H2,1-4H3/t12?,14-,15-,16?,17?,20?,22?,23?/m0/s1. The summed E-state index contributed by atoms with van der Waals surface area (Å²) in [6.45, 7) is 1.21. The minimum absolute atomic E-state index is 0.0147. The number of hydrogen-bond acceptors (Lipinski definition) is 8. The molecule has 6 unspecified atom stereocenters. The Morgan fingerprint density at radius 1 is 0.871 bits per heavy atom. The van der Waals surface area contributed by atoms with Crippen LogP contribution in [0.3, 0.4) is 0 Å². The number of methoxy groups -OCH3 is 4. The van der Waals surface area contributed by atoms with Crippen molar-refractivity contribution in [1.29, 1.82) is 0 Å². The van der Waals surface area contributed by atoms with Crippen LogP contribution in [0, 0.1) is 17.8 Å². The van der Waals surface area contributed by atoms with Crippen LogP contribution >= 0.6 is 0 Å². The van der Waals surface area contributed by atoms with Crippen molar-refractivity contribution in [1.82, 2.24) is 0 Å². The summed E-state index contributed by atoms with van der Waals surface area (Å²) in [5.41, 5.74) is 0.911. The first kappa shape index (κ1) is 22.6. The van der Waals surface area contributed by atoms with Gasteiger partial charge in [-0.2, -0.15) is 0 Å². The summed E-state index contributed by atoms with van der Waals surface area (Å²) in [5.74, 6) is 1.44. The molecule has 0 bridgehead atoms. The maximum Gasteiger partial charge on any atom is 0.200 e. The molecule has 1 saturated carbocycles. The van der Waals surface area contributed by atoms with Gasteiger partial charge in [0.15, 0.2) is 11.5 Å². The van der Waals surface area contributed by atoms with Gasteiger partial charge in [-0.25, -0.2) is 0 Å². The average Bonchev–Trinajstić information content (AvgIpc) is 3.34. The van der Waals surface area contributed by atoms with Gasteiger partial charge in [-0.15, -0.1) is 0 Å².